The van der Waals surface area contributed by atoms with E-state index in [-0.39, 0.29) is 5.92 Å². The van der Waals surface area contributed by atoms with Crippen LogP contribution in [0.2, 0.25) is 0 Å². The van der Waals surface area contributed by atoms with Gasteiger partial charge < -0.3 is 9.73 Å². The first-order valence-electron chi connectivity index (χ1n) is 8.02. The van der Waals surface area contributed by atoms with Crippen LogP contribution in [-0.4, -0.2) is 31.0 Å². The third kappa shape index (κ3) is 3.19. The summed E-state index contributed by atoms with van der Waals surface area (Å²) in [6.45, 7) is 9.79. The molecule has 7 heteroatoms. The van der Waals surface area contributed by atoms with Gasteiger partial charge in [0.2, 0.25) is 11.8 Å². The highest BCUT2D eigenvalue weighted by Gasteiger charge is 2.22. The lowest BCUT2D eigenvalue weighted by atomic mass is 10.1. The maximum absolute atomic E-state index is 5.62. The van der Waals surface area contributed by atoms with Crippen LogP contribution in [0, 0.1) is 0 Å². The SMILES string of the molecule is CC(C)c1nc2n(n1)C[C@H](NCc1nnc(C(C)C)o1)CC2. The number of nitrogens with zero attached hydrogens (tertiary/aromatic N) is 5. The Morgan fingerprint density at radius 1 is 1.23 bits per heavy atom. The average Bonchev–Trinajstić information content (AvgIpc) is 3.11. The summed E-state index contributed by atoms with van der Waals surface area (Å²) >= 11 is 0. The highest BCUT2D eigenvalue weighted by molar-refractivity contribution is 5.01. The monoisotopic (exact) mass is 304 g/mol. The molecule has 3 rings (SSSR count). The van der Waals surface area contributed by atoms with Gasteiger partial charge >= 0.3 is 0 Å². The minimum atomic E-state index is 0.267. The zero-order valence-electron chi connectivity index (χ0n) is 13.7. The molecule has 2 aromatic heterocycles. The number of rotatable bonds is 5. The fourth-order valence-corrected chi connectivity index (χ4v) is 2.54. The number of hydrogen-bond acceptors (Lipinski definition) is 6. The molecule has 1 aliphatic rings. The Bertz CT molecular complexity index is 630. The van der Waals surface area contributed by atoms with E-state index in [1.807, 2.05) is 18.5 Å². The molecule has 1 N–H and O–H groups in total. The highest BCUT2D eigenvalue weighted by atomic mass is 16.4. The second kappa shape index (κ2) is 6.16. The van der Waals surface area contributed by atoms with E-state index in [0.717, 1.165) is 31.0 Å². The normalized spacial score (nSPS) is 18.2. The summed E-state index contributed by atoms with van der Waals surface area (Å²) in [7, 11) is 0. The Labute approximate surface area is 130 Å². The zero-order valence-corrected chi connectivity index (χ0v) is 13.7. The number of aryl methyl sites for hydroxylation is 1. The first kappa shape index (κ1) is 15.1. The molecule has 0 unspecified atom stereocenters. The molecule has 0 fully saturated rings. The molecular weight excluding hydrogens is 280 g/mol. The second-order valence-corrected chi connectivity index (χ2v) is 6.53. The van der Waals surface area contributed by atoms with Crippen molar-refractivity contribution in [1.29, 1.82) is 0 Å². The first-order chi connectivity index (χ1) is 10.5. The number of fused-ring (bicyclic) bond motifs is 1. The maximum atomic E-state index is 5.62. The molecule has 0 amide bonds. The molecule has 0 aromatic carbocycles. The van der Waals surface area contributed by atoms with Crippen molar-refractivity contribution < 1.29 is 4.42 Å². The van der Waals surface area contributed by atoms with Crippen LogP contribution in [-0.2, 0) is 19.5 Å². The topological polar surface area (TPSA) is 81.7 Å². The summed E-state index contributed by atoms with van der Waals surface area (Å²) in [5.74, 6) is 4.02. The van der Waals surface area contributed by atoms with Crippen molar-refractivity contribution in [3.05, 3.63) is 23.4 Å². The molecule has 0 bridgehead atoms. The fraction of sp³-hybridized carbons (Fsp3) is 0.733. The number of aromatic nitrogens is 5. The van der Waals surface area contributed by atoms with E-state index in [1.165, 1.54) is 0 Å². The van der Waals surface area contributed by atoms with E-state index in [2.05, 4.69) is 39.4 Å². The Morgan fingerprint density at radius 2 is 2.05 bits per heavy atom. The molecule has 7 nitrogen and oxygen atoms in total. The molecule has 0 spiro atoms. The molecule has 2 aromatic rings. The highest BCUT2D eigenvalue weighted by Crippen LogP contribution is 2.17. The lowest BCUT2D eigenvalue weighted by Crippen LogP contribution is -2.37. The molecule has 0 saturated heterocycles. The molecule has 0 saturated carbocycles. The van der Waals surface area contributed by atoms with Crippen LogP contribution in [0.5, 0.6) is 0 Å². The molecular formula is C15H24N6O. The van der Waals surface area contributed by atoms with E-state index in [4.69, 9.17) is 4.42 Å². The molecule has 3 heterocycles. The summed E-state index contributed by atoms with van der Waals surface area (Å²) in [5.41, 5.74) is 0. The summed E-state index contributed by atoms with van der Waals surface area (Å²) in [6.07, 6.45) is 2.01. The quantitative estimate of drug-likeness (QED) is 0.910. The van der Waals surface area contributed by atoms with E-state index in [9.17, 15) is 0 Å². The van der Waals surface area contributed by atoms with Gasteiger partial charge in [-0.15, -0.1) is 10.2 Å². The number of hydrogen-bond donors (Lipinski definition) is 1. The lowest BCUT2D eigenvalue weighted by Gasteiger charge is -2.22. The maximum Gasteiger partial charge on any atom is 0.230 e. The van der Waals surface area contributed by atoms with Gasteiger partial charge in [0.1, 0.15) is 5.82 Å². The summed E-state index contributed by atoms with van der Waals surface area (Å²) in [6, 6.07) is 0.364. The van der Waals surface area contributed by atoms with Gasteiger partial charge in [-0.1, -0.05) is 27.7 Å². The summed E-state index contributed by atoms with van der Waals surface area (Å²) in [5, 5.41) is 16.2. The average molecular weight is 304 g/mol. The van der Waals surface area contributed by atoms with Crippen LogP contribution >= 0.6 is 0 Å². The van der Waals surface area contributed by atoms with Gasteiger partial charge in [-0.2, -0.15) is 5.10 Å². The zero-order chi connectivity index (χ0) is 15.7. The Balaban J connectivity index is 1.58. The van der Waals surface area contributed by atoms with Crippen LogP contribution in [0.4, 0.5) is 0 Å². The molecule has 0 aliphatic carbocycles. The van der Waals surface area contributed by atoms with Gasteiger partial charge in [0.15, 0.2) is 5.82 Å². The third-order valence-corrected chi connectivity index (χ3v) is 3.91. The van der Waals surface area contributed by atoms with Crippen molar-refractivity contribution in [2.24, 2.45) is 0 Å². The lowest BCUT2D eigenvalue weighted by molar-refractivity contribution is 0.335. The molecule has 1 atom stereocenters. The van der Waals surface area contributed by atoms with Crippen molar-refractivity contribution in [3.63, 3.8) is 0 Å². The van der Waals surface area contributed by atoms with E-state index in [0.29, 0.717) is 30.3 Å². The smallest absolute Gasteiger partial charge is 0.230 e. The van der Waals surface area contributed by atoms with E-state index >= 15 is 0 Å². The summed E-state index contributed by atoms with van der Waals surface area (Å²) < 4.78 is 7.65. The van der Waals surface area contributed by atoms with Crippen LogP contribution in [0.25, 0.3) is 0 Å². The molecule has 1 aliphatic heterocycles. The second-order valence-electron chi connectivity index (χ2n) is 6.53. The van der Waals surface area contributed by atoms with Gasteiger partial charge in [-0.05, 0) is 6.42 Å². The standard InChI is InChI=1S/C15H24N6O/c1-9(2)14-17-12-6-5-11(8-21(12)20-14)16-7-13-18-19-15(22-13)10(3)4/h9-11,16H,5-8H2,1-4H3/t11-/m1/s1. The third-order valence-electron chi connectivity index (χ3n) is 3.91. The molecule has 0 radical (unpaired) electrons. The van der Waals surface area contributed by atoms with Crippen molar-refractivity contribution >= 4 is 0 Å². The van der Waals surface area contributed by atoms with Crippen molar-refractivity contribution in [2.75, 3.05) is 0 Å². The molecule has 120 valence electrons. The van der Waals surface area contributed by atoms with E-state index in [1.54, 1.807) is 0 Å². The van der Waals surface area contributed by atoms with Crippen LogP contribution in [0.15, 0.2) is 4.42 Å². The minimum absolute atomic E-state index is 0.267. The minimum Gasteiger partial charge on any atom is -0.424 e. The van der Waals surface area contributed by atoms with Crippen molar-refractivity contribution in [3.8, 4) is 0 Å². The Kier molecular flexibility index (Phi) is 4.24. The van der Waals surface area contributed by atoms with Gasteiger partial charge in [0.25, 0.3) is 0 Å². The first-order valence-corrected chi connectivity index (χ1v) is 8.02. The summed E-state index contributed by atoms with van der Waals surface area (Å²) in [4.78, 5) is 4.61. The predicted octanol–water partition coefficient (Wildman–Crippen LogP) is 2.01. The Hall–Kier alpha value is -1.76. The van der Waals surface area contributed by atoms with Gasteiger partial charge in [0, 0.05) is 24.3 Å². The Morgan fingerprint density at radius 3 is 2.73 bits per heavy atom. The van der Waals surface area contributed by atoms with Gasteiger partial charge in [0.05, 0.1) is 13.1 Å². The molecule has 22 heavy (non-hydrogen) atoms. The van der Waals surface area contributed by atoms with Crippen LogP contribution in [0.1, 0.15) is 69.4 Å². The fourth-order valence-electron chi connectivity index (χ4n) is 2.54. The number of nitrogens with one attached hydrogen (secondary N) is 1. The van der Waals surface area contributed by atoms with Crippen LogP contribution in [0.3, 0.4) is 0 Å². The van der Waals surface area contributed by atoms with Crippen LogP contribution < -0.4 is 5.32 Å². The van der Waals surface area contributed by atoms with E-state index < -0.39 is 0 Å². The largest absolute Gasteiger partial charge is 0.424 e. The predicted molar refractivity (Wildman–Crippen MR) is 81.4 cm³/mol. The van der Waals surface area contributed by atoms with Gasteiger partial charge in [-0.25, -0.2) is 9.67 Å². The van der Waals surface area contributed by atoms with Crippen molar-refractivity contribution in [2.45, 2.75) is 71.5 Å². The van der Waals surface area contributed by atoms with Gasteiger partial charge in [-0.3, -0.25) is 0 Å². The van der Waals surface area contributed by atoms with Crippen molar-refractivity contribution in [1.82, 2.24) is 30.3 Å².